The third-order valence-electron chi connectivity index (χ3n) is 3.06. The van der Waals surface area contributed by atoms with Crippen molar-refractivity contribution in [2.24, 2.45) is 4.99 Å². The molecule has 0 spiro atoms. The van der Waals surface area contributed by atoms with Gasteiger partial charge < -0.3 is 16.0 Å². The number of guanidine groups is 1. The number of aromatic nitrogens is 2. The van der Waals surface area contributed by atoms with Crippen LogP contribution < -0.4 is 16.0 Å². The summed E-state index contributed by atoms with van der Waals surface area (Å²) >= 11 is 0.954. The van der Waals surface area contributed by atoms with E-state index in [4.69, 9.17) is 0 Å². The van der Waals surface area contributed by atoms with E-state index in [1.165, 1.54) is 13.2 Å². The molecule has 3 N–H and O–H groups in total. The lowest BCUT2D eigenvalue weighted by Gasteiger charge is -2.11. The van der Waals surface area contributed by atoms with Gasteiger partial charge in [-0.25, -0.2) is 4.98 Å². The number of carbonyl (C=O) groups is 1. The number of aliphatic imine (C=N–C) groups is 1. The topological polar surface area (TPSA) is 91.3 Å². The standard InChI is InChI=1S/C15H17F3N6OS/c1-19-14(22-8-12(25)23-10-3-2-5-20-7-10)21-6-4-13-24-11(9-26-13)15(16,17)18/h2-3,5,7,9H,4,6,8H2,1H3,(H,23,25)(H2,19,21,22). The van der Waals surface area contributed by atoms with E-state index >= 15 is 0 Å². The molecule has 0 atom stereocenters. The Morgan fingerprint density at radius 2 is 2.15 bits per heavy atom. The van der Waals surface area contributed by atoms with Gasteiger partial charge in [-0.15, -0.1) is 11.3 Å². The molecule has 0 aliphatic carbocycles. The summed E-state index contributed by atoms with van der Waals surface area (Å²) in [6.07, 6.45) is -1.00. The predicted octanol–water partition coefficient (Wildman–Crippen LogP) is 1.90. The number of halogens is 3. The van der Waals surface area contributed by atoms with E-state index in [1.807, 2.05) is 0 Å². The maximum Gasteiger partial charge on any atom is 0.434 e. The van der Waals surface area contributed by atoms with Crippen LogP contribution in [0.25, 0.3) is 0 Å². The highest BCUT2D eigenvalue weighted by molar-refractivity contribution is 7.09. The molecule has 0 saturated heterocycles. The SMILES string of the molecule is CN=C(NCCc1nc(C(F)(F)F)cs1)NCC(=O)Nc1cccnc1. The van der Waals surface area contributed by atoms with Crippen LogP contribution in [0.15, 0.2) is 34.9 Å². The first-order chi connectivity index (χ1) is 12.4. The summed E-state index contributed by atoms with van der Waals surface area (Å²) in [5.74, 6) is 0.0784. The zero-order valence-corrected chi connectivity index (χ0v) is 14.6. The zero-order chi connectivity index (χ0) is 19.0. The van der Waals surface area contributed by atoms with Crippen molar-refractivity contribution in [3.63, 3.8) is 0 Å². The molecule has 0 fully saturated rings. The van der Waals surface area contributed by atoms with Gasteiger partial charge in [-0.05, 0) is 12.1 Å². The molecule has 11 heteroatoms. The molecule has 140 valence electrons. The Kier molecular flexibility index (Phi) is 6.89. The number of nitrogens with zero attached hydrogens (tertiary/aromatic N) is 3. The Balaban J connectivity index is 1.72. The normalized spacial score (nSPS) is 11.9. The molecule has 0 aromatic carbocycles. The molecule has 0 unspecified atom stereocenters. The Morgan fingerprint density at radius 1 is 1.35 bits per heavy atom. The third kappa shape index (κ3) is 6.31. The monoisotopic (exact) mass is 386 g/mol. The largest absolute Gasteiger partial charge is 0.434 e. The van der Waals surface area contributed by atoms with Crippen molar-refractivity contribution >= 4 is 28.9 Å². The molecule has 0 saturated carbocycles. The number of hydrogen-bond donors (Lipinski definition) is 3. The summed E-state index contributed by atoms with van der Waals surface area (Å²) in [7, 11) is 1.53. The van der Waals surface area contributed by atoms with Gasteiger partial charge in [0.1, 0.15) is 0 Å². The minimum absolute atomic E-state index is 0.0238. The lowest BCUT2D eigenvalue weighted by molar-refractivity contribution is -0.140. The highest BCUT2D eigenvalue weighted by Gasteiger charge is 2.33. The van der Waals surface area contributed by atoms with Gasteiger partial charge in [-0.2, -0.15) is 13.2 Å². The van der Waals surface area contributed by atoms with E-state index in [9.17, 15) is 18.0 Å². The fraction of sp³-hybridized carbons (Fsp3) is 0.333. The summed E-state index contributed by atoms with van der Waals surface area (Å²) < 4.78 is 37.5. The molecule has 0 aliphatic heterocycles. The van der Waals surface area contributed by atoms with E-state index in [1.54, 1.807) is 18.3 Å². The molecule has 2 heterocycles. The van der Waals surface area contributed by atoms with Gasteiger partial charge in [0.15, 0.2) is 11.7 Å². The van der Waals surface area contributed by atoms with Crippen LogP contribution in [0.3, 0.4) is 0 Å². The summed E-state index contributed by atoms with van der Waals surface area (Å²) in [5.41, 5.74) is -0.307. The highest BCUT2D eigenvalue weighted by Crippen LogP contribution is 2.29. The molecule has 2 aromatic rings. The van der Waals surface area contributed by atoms with Gasteiger partial charge in [-0.3, -0.25) is 14.8 Å². The van der Waals surface area contributed by atoms with Crippen LogP contribution in [0.5, 0.6) is 0 Å². The second kappa shape index (κ2) is 9.13. The highest BCUT2D eigenvalue weighted by atomic mass is 32.1. The smallest absolute Gasteiger partial charge is 0.356 e. The van der Waals surface area contributed by atoms with Crippen LogP contribution in [-0.2, 0) is 17.4 Å². The van der Waals surface area contributed by atoms with Crippen LogP contribution >= 0.6 is 11.3 Å². The van der Waals surface area contributed by atoms with Gasteiger partial charge in [0.05, 0.1) is 23.4 Å². The molecular weight excluding hydrogens is 369 g/mol. The average molecular weight is 386 g/mol. The van der Waals surface area contributed by atoms with Crippen LogP contribution in [-0.4, -0.2) is 42.0 Å². The summed E-state index contributed by atoms with van der Waals surface area (Å²) in [5, 5.41) is 9.75. The molecule has 0 radical (unpaired) electrons. The van der Waals surface area contributed by atoms with Crippen molar-refractivity contribution in [1.29, 1.82) is 0 Å². The first-order valence-corrected chi connectivity index (χ1v) is 8.42. The fourth-order valence-corrected chi connectivity index (χ4v) is 2.68. The Morgan fingerprint density at radius 3 is 2.77 bits per heavy atom. The van der Waals surface area contributed by atoms with Crippen molar-refractivity contribution in [2.45, 2.75) is 12.6 Å². The quantitative estimate of drug-likeness (QED) is 0.521. The summed E-state index contributed by atoms with van der Waals surface area (Å²) in [6, 6.07) is 3.41. The Labute approximate surface area is 151 Å². The molecule has 26 heavy (non-hydrogen) atoms. The van der Waals surface area contributed by atoms with E-state index < -0.39 is 11.9 Å². The number of alkyl halides is 3. The van der Waals surface area contributed by atoms with Gasteiger partial charge in [0.25, 0.3) is 0 Å². The van der Waals surface area contributed by atoms with Crippen molar-refractivity contribution < 1.29 is 18.0 Å². The lowest BCUT2D eigenvalue weighted by atomic mass is 10.4. The second-order valence-electron chi connectivity index (χ2n) is 5.02. The van der Waals surface area contributed by atoms with Crippen molar-refractivity contribution in [1.82, 2.24) is 20.6 Å². The number of thiazole rings is 1. The molecular formula is C15H17F3N6OS. The zero-order valence-electron chi connectivity index (χ0n) is 13.8. The Hall–Kier alpha value is -2.69. The minimum atomic E-state index is -4.43. The molecule has 2 aromatic heterocycles. The van der Waals surface area contributed by atoms with Crippen LogP contribution in [0, 0.1) is 0 Å². The predicted molar refractivity (Wildman–Crippen MR) is 93.1 cm³/mol. The maximum absolute atomic E-state index is 12.5. The maximum atomic E-state index is 12.5. The van der Waals surface area contributed by atoms with Crippen LogP contribution in [0.4, 0.5) is 18.9 Å². The van der Waals surface area contributed by atoms with Crippen molar-refractivity contribution in [2.75, 3.05) is 25.5 Å². The number of pyridine rings is 1. The minimum Gasteiger partial charge on any atom is -0.356 e. The second-order valence-corrected chi connectivity index (χ2v) is 5.96. The van der Waals surface area contributed by atoms with Gasteiger partial charge >= 0.3 is 6.18 Å². The number of rotatable bonds is 6. The van der Waals surface area contributed by atoms with E-state index in [0.717, 1.165) is 16.7 Å². The first kappa shape index (κ1) is 19.6. The number of anilines is 1. The summed E-state index contributed by atoms with van der Waals surface area (Å²) in [4.78, 5) is 23.2. The molecule has 2 rings (SSSR count). The van der Waals surface area contributed by atoms with E-state index in [0.29, 0.717) is 29.6 Å². The van der Waals surface area contributed by atoms with Gasteiger partial charge in [0.2, 0.25) is 5.91 Å². The van der Waals surface area contributed by atoms with Crippen molar-refractivity contribution in [3.05, 3.63) is 40.6 Å². The Bertz CT molecular complexity index is 747. The molecule has 7 nitrogen and oxygen atoms in total. The number of nitrogens with one attached hydrogen (secondary N) is 3. The van der Waals surface area contributed by atoms with Gasteiger partial charge in [-0.1, -0.05) is 0 Å². The van der Waals surface area contributed by atoms with Gasteiger partial charge in [0, 0.05) is 31.6 Å². The lowest BCUT2D eigenvalue weighted by Crippen LogP contribution is -2.42. The third-order valence-corrected chi connectivity index (χ3v) is 3.97. The average Bonchev–Trinajstić information content (AvgIpc) is 3.08. The van der Waals surface area contributed by atoms with E-state index in [2.05, 4.69) is 30.9 Å². The molecule has 0 bridgehead atoms. The van der Waals surface area contributed by atoms with Crippen LogP contribution in [0.1, 0.15) is 10.7 Å². The fourth-order valence-electron chi connectivity index (χ4n) is 1.87. The number of hydrogen-bond acceptors (Lipinski definition) is 5. The number of carbonyl (C=O) groups excluding carboxylic acids is 1. The van der Waals surface area contributed by atoms with Crippen LogP contribution in [0.2, 0.25) is 0 Å². The molecule has 1 amide bonds. The first-order valence-electron chi connectivity index (χ1n) is 7.54. The molecule has 0 aliphatic rings. The number of amides is 1. The summed E-state index contributed by atoms with van der Waals surface area (Å²) in [6.45, 7) is 0.304. The van der Waals surface area contributed by atoms with E-state index in [-0.39, 0.29) is 12.5 Å². The van der Waals surface area contributed by atoms with Crippen molar-refractivity contribution in [3.8, 4) is 0 Å².